The van der Waals surface area contributed by atoms with Crippen molar-refractivity contribution in [1.29, 1.82) is 5.26 Å². The first-order valence-corrected chi connectivity index (χ1v) is 5.55. The van der Waals surface area contributed by atoms with Crippen LogP contribution in [-0.4, -0.2) is 17.7 Å². The number of halogens is 1. The van der Waals surface area contributed by atoms with Crippen LogP contribution in [0.3, 0.4) is 0 Å². The molecule has 4 nitrogen and oxygen atoms in total. The number of ether oxygens (including phenoxy) is 1. The summed E-state index contributed by atoms with van der Waals surface area (Å²) in [6.45, 7) is 0.392. The van der Waals surface area contributed by atoms with Gasteiger partial charge in [0, 0.05) is 11.4 Å². The summed E-state index contributed by atoms with van der Waals surface area (Å²) in [5, 5.41) is 17.7. The van der Waals surface area contributed by atoms with Gasteiger partial charge in [-0.2, -0.15) is 5.26 Å². The van der Waals surface area contributed by atoms with Gasteiger partial charge < -0.3 is 9.84 Å². The van der Waals surface area contributed by atoms with Gasteiger partial charge in [-0.3, -0.25) is 0 Å². The highest BCUT2D eigenvalue weighted by Crippen LogP contribution is 2.23. The van der Waals surface area contributed by atoms with Crippen LogP contribution in [0.15, 0.2) is 18.2 Å². The predicted octanol–water partition coefficient (Wildman–Crippen LogP) is 3.11. The number of nitriles is 1. The number of carbonyl (C=O) groups is 1. The van der Waals surface area contributed by atoms with E-state index in [-0.39, 0.29) is 5.56 Å². The van der Waals surface area contributed by atoms with E-state index in [2.05, 4.69) is 0 Å². The molecule has 0 aliphatic carbocycles. The number of carboxylic acid groups (broad SMARTS) is 1. The van der Waals surface area contributed by atoms with Crippen molar-refractivity contribution in [1.82, 2.24) is 0 Å². The molecule has 0 heterocycles. The maximum atomic E-state index is 10.9. The molecule has 1 rings (SSSR count). The first-order valence-electron chi connectivity index (χ1n) is 5.17. The van der Waals surface area contributed by atoms with Crippen LogP contribution in [0.5, 0.6) is 5.75 Å². The number of hydrogen-bond donors (Lipinski definition) is 1. The summed E-state index contributed by atoms with van der Waals surface area (Å²) in [5.41, 5.74) is 0.0535. The van der Waals surface area contributed by atoms with Crippen molar-refractivity contribution in [2.24, 2.45) is 0 Å². The van der Waals surface area contributed by atoms with Gasteiger partial charge in [-0.25, -0.2) is 4.79 Å². The number of nitrogens with zero attached hydrogens (tertiary/aromatic N) is 1. The summed E-state index contributed by atoms with van der Waals surface area (Å²) in [6.07, 6.45) is 1.94. The molecule has 90 valence electrons. The van der Waals surface area contributed by atoms with E-state index in [0.717, 1.165) is 12.8 Å². The first kappa shape index (κ1) is 13.3. The fourth-order valence-electron chi connectivity index (χ4n) is 1.28. The molecule has 0 aliphatic rings. The van der Waals surface area contributed by atoms with Crippen molar-refractivity contribution in [3.63, 3.8) is 0 Å². The van der Waals surface area contributed by atoms with E-state index in [0.29, 0.717) is 23.8 Å². The van der Waals surface area contributed by atoms with Crippen LogP contribution in [0.1, 0.15) is 29.6 Å². The van der Waals surface area contributed by atoms with E-state index < -0.39 is 5.97 Å². The van der Waals surface area contributed by atoms with Gasteiger partial charge in [0.2, 0.25) is 0 Å². The molecule has 0 unspecified atom stereocenters. The largest absolute Gasteiger partial charge is 0.493 e. The van der Waals surface area contributed by atoms with E-state index in [1.165, 1.54) is 12.1 Å². The summed E-state index contributed by atoms with van der Waals surface area (Å²) >= 11 is 5.71. The monoisotopic (exact) mass is 253 g/mol. The highest BCUT2D eigenvalue weighted by atomic mass is 35.5. The Morgan fingerprint density at radius 1 is 1.47 bits per heavy atom. The fraction of sp³-hybridized carbons (Fsp3) is 0.333. The Morgan fingerprint density at radius 2 is 2.24 bits per heavy atom. The van der Waals surface area contributed by atoms with Gasteiger partial charge in [-0.15, -0.1) is 0 Å². The van der Waals surface area contributed by atoms with Gasteiger partial charge in [-0.05, 0) is 31.0 Å². The molecule has 17 heavy (non-hydrogen) atoms. The van der Waals surface area contributed by atoms with Gasteiger partial charge in [0.1, 0.15) is 11.3 Å². The number of aromatic carboxylic acids is 1. The third-order valence-corrected chi connectivity index (χ3v) is 2.35. The molecule has 1 aromatic carbocycles. The van der Waals surface area contributed by atoms with Gasteiger partial charge in [-0.1, -0.05) is 11.6 Å². The SMILES string of the molecule is N#CCCCCOc1ccc(Cl)cc1C(=O)O. The molecule has 0 bridgehead atoms. The van der Waals surface area contributed by atoms with Crippen LogP contribution in [0, 0.1) is 11.3 Å². The van der Waals surface area contributed by atoms with Crippen molar-refractivity contribution in [2.45, 2.75) is 19.3 Å². The molecule has 0 aliphatic heterocycles. The Kier molecular flexibility index (Phi) is 5.31. The lowest BCUT2D eigenvalue weighted by molar-refractivity contribution is 0.0692. The minimum absolute atomic E-state index is 0.0535. The lowest BCUT2D eigenvalue weighted by Gasteiger charge is -2.08. The lowest BCUT2D eigenvalue weighted by Crippen LogP contribution is -2.04. The summed E-state index contributed by atoms with van der Waals surface area (Å²) in [5.74, 6) is -0.765. The van der Waals surface area contributed by atoms with E-state index in [1.54, 1.807) is 6.07 Å². The Balaban J connectivity index is 2.59. The molecule has 0 saturated heterocycles. The molecule has 0 atom stereocenters. The van der Waals surface area contributed by atoms with Crippen molar-refractivity contribution in [2.75, 3.05) is 6.61 Å². The zero-order valence-corrected chi connectivity index (χ0v) is 9.91. The molecule has 1 N–H and O–H groups in total. The van der Waals surface area contributed by atoms with E-state index in [4.69, 9.17) is 26.7 Å². The number of benzene rings is 1. The average Bonchev–Trinajstić information content (AvgIpc) is 2.30. The number of hydrogen-bond acceptors (Lipinski definition) is 3. The molecule has 0 spiro atoms. The van der Waals surface area contributed by atoms with Crippen LogP contribution in [-0.2, 0) is 0 Å². The van der Waals surface area contributed by atoms with Crippen molar-refractivity contribution in [3.05, 3.63) is 28.8 Å². The minimum atomic E-state index is -1.07. The van der Waals surface area contributed by atoms with Crippen LogP contribution in [0.25, 0.3) is 0 Å². The van der Waals surface area contributed by atoms with Crippen molar-refractivity contribution < 1.29 is 14.6 Å². The summed E-state index contributed by atoms with van der Waals surface area (Å²) < 4.78 is 5.35. The van der Waals surface area contributed by atoms with Gasteiger partial charge in [0.25, 0.3) is 0 Å². The molecular weight excluding hydrogens is 242 g/mol. The number of carboxylic acids is 1. The summed E-state index contributed by atoms with van der Waals surface area (Å²) in [7, 11) is 0. The Bertz CT molecular complexity index is 440. The van der Waals surface area contributed by atoms with E-state index in [1.807, 2.05) is 6.07 Å². The van der Waals surface area contributed by atoms with Gasteiger partial charge in [0.05, 0.1) is 12.7 Å². The Labute approximate surface area is 104 Å². The topological polar surface area (TPSA) is 70.3 Å². The smallest absolute Gasteiger partial charge is 0.339 e. The Hall–Kier alpha value is -1.73. The Morgan fingerprint density at radius 3 is 2.88 bits per heavy atom. The third-order valence-electron chi connectivity index (χ3n) is 2.11. The summed E-state index contributed by atoms with van der Waals surface area (Å²) in [4.78, 5) is 10.9. The second-order valence-electron chi connectivity index (χ2n) is 3.41. The molecule has 0 saturated carbocycles. The van der Waals surface area contributed by atoms with Crippen LogP contribution in [0.4, 0.5) is 0 Å². The third kappa shape index (κ3) is 4.33. The fourth-order valence-corrected chi connectivity index (χ4v) is 1.46. The molecule has 5 heteroatoms. The summed E-state index contributed by atoms with van der Waals surface area (Å²) in [6, 6.07) is 6.51. The van der Waals surface area contributed by atoms with E-state index >= 15 is 0 Å². The van der Waals surface area contributed by atoms with Gasteiger partial charge in [0.15, 0.2) is 0 Å². The standard InChI is InChI=1S/C12H12ClNO3/c13-9-4-5-11(10(8-9)12(15)16)17-7-3-1-2-6-14/h4-5,8H,1-3,7H2,(H,15,16). The highest BCUT2D eigenvalue weighted by molar-refractivity contribution is 6.31. The molecule has 1 aromatic rings. The maximum Gasteiger partial charge on any atom is 0.339 e. The predicted molar refractivity (Wildman–Crippen MR) is 63.4 cm³/mol. The van der Waals surface area contributed by atoms with Crippen LogP contribution < -0.4 is 4.74 Å². The normalized spacial score (nSPS) is 9.65. The molecular formula is C12H12ClNO3. The minimum Gasteiger partial charge on any atom is -0.493 e. The number of rotatable bonds is 6. The van der Waals surface area contributed by atoms with Crippen molar-refractivity contribution in [3.8, 4) is 11.8 Å². The van der Waals surface area contributed by atoms with Gasteiger partial charge >= 0.3 is 5.97 Å². The first-order chi connectivity index (χ1) is 8.15. The molecule has 0 fully saturated rings. The van der Waals surface area contributed by atoms with Crippen LogP contribution >= 0.6 is 11.6 Å². The second kappa shape index (κ2) is 6.77. The number of unbranched alkanes of at least 4 members (excludes halogenated alkanes) is 2. The zero-order chi connectivity index (χ0) is 12.7. The second-order valence-corrected chi connectivity index (χ2v) is 3.85. The quantitative estimate of drug-likeness (QED) is 0.791. The molecule has 0 aromatic heterocycles. The lowest BCUT2D eigenvalue weighted by atomic mass is 10.2. The average molecular weight is 254 g/mol. The highest BCUT2D eigenvalue weighted by Gasteiger charge is 2.11. The van der Waals surface area contributed by atoms with Crippen LogP contribution in [0.2, 0.25) is 5.02 Å². The molecule has 0 amide bonds. The van der Waals surface area contributed by atoms with Crippen molar-refractivity contribution >= 4 is 17.6 Å². The maximum absolute atomic E-state index is 10.9. The molecule has 0 radical (unpaired) electrons. The van der Waals surface area contributed by atoms with E-state index in [9.17, 15) is 4.79 Å². The zero-order valence-electron chi connectivity index (χ0n) is 9.15.